The minimum atomic E-state index is -2.70. The molecule has 0 aliphatic carbocycles. The Bertz CT molecular complexity index is 703. The predicted octanol–water partition coefficient (Wildman–Crippen LogP) is 4.06. The van der Waals surface area contributed by atoms with Gasteiger partial charge in [0.1, 0.15) is 0 Å². The van der Waals surface area contributed by atoms with Crippen molar-refractivity contribution in [3.63, 3.8) is 0 Å². The van der Waals surface area contributed by atoms with Gasteiger partial charge in [-0.15, -0.1) is 0 Å². The molecule has 1 heterocycles. The largest absolute Gasteiger partial charge is 0.261 e. The summed E-state index contributed by atoms with van der Waals surface area (Å²) in [5.41, 5.74) is -0.979. The Morgan fingerprint density at radius 2 is 2.87 bits per heavy atom. The van der Waals surface area contributed by atoms with Crippen LogP contribution in [0.15, 0.2) is 53.1 Å². The first-order valence-corrected chi connectivity index (χ1v) is 4.34. The van der Waals surface area contributed by atoms with Crippen molar-refractivity contribution in [3.05, 3.63) is 48.1 Å². The standard InChI is InChI=1S/C14H19N/c1-10(2)6-7-11(3)14-8-12(4)13(5)9-15-14/h6-7,9,12H,1,3,8H2,2,4-5H3/i1D,2D3,3D,5D3,6D,8D,9D. The van der Waals surface area contributed by atoms with Crippen LogP contribution in [0.3, 0.4) is 0 Å². The summed E-state index contributed by atoms with van der Waals surface area (Å²) in [5.74, 6) is -0.867. The molecule has 0 saturated carbocycles. The van der Waals surface area contributed by atoms with Crippen molar-refractivity contribution >= 4 is 5.71 Å². The molecular weight excluding hydrogens is 182 g/mol. The number of allylic oxidation sites excluding steroid dienone is 5. The first-order chi connectivity index (χ1) is 11.8. The summed E-state index contributed by atoms with van der Waals surface area (Å²) in [7, 11) is 0. The molecular formula is C14H19N. The van der Waals surface area contributed by atoms with Crippen molar-refractivity contribution in [3.8, 4) is 0 Å². The minimum absolute atomic E-state index is 0.0835. The molecule has 0 N–H and O–H groups in total. The van der Waals surface area contributed by atoms with Crippen LogP contribution in [0.4, 0.5) is 0 Å². The third-order valence-electron chi connectivity index (χ3n) is 1.84. The fourth-order valence-electron chi connectivity index (χ4n) is 0.970. The number of rotatable bonds is 3. The maximum Gasteiger partial charge on any atom is 0.0839 e. The van der Waals surface area contributed by atoms with E-state index in [0.29, 0.717) is 6.55 Å². The van der Waals surface area contributed by atoms with Crippen LogP contribution >= 0.6 is 0 Å². The van der Waals surface area contributed by atoms with Gasteiger partial charge in [0.15, 0.2) is 0 Å². The van der Waals surface area contributed by atoms with Crippen molar-refractivity contribution in [1.29, 1.82) is 0 Å². The summed E-state index contributed by atoms with van der Waals surface area (Å²) in [6.07, 6.45) is -0.737. The van der Waals surface area contributed by atoms with Gasteiger partial charge >= 0.3 is 0 Å². The maximum atomic E-state index is 8.21. The lowest BCUT2D eigenvalue weighted by Crippen LogP contribution is -2.11. The van der Waals surface area contributed by atoms with Gasteiger partial charge in [-0.05, 0) is 31.6 Å². The first kappa shape index (κ1) is 3.58. The highest BCUT2D eigenvalue weighted by molar-refractivity contribution is 6.03. The molecule has 1 aliphatic rings. The van der Waals surface area contributed by atoms with Crippen LogP contribution in [0, 0.1) is 5.92 Å². The zero-order valence-electron chi connectivity index (χ0n) is 19.3. The number of nitrogens with zero attached hydrogens (tertiary/aromatic N) is 1. The second-order valence-electron chi connectivity index (χ2n) is 3.14. The van der Waals surface area contributed by atoms with E-state index in [1.165, 1.54) is 6.92 Å². The van der Waals surface area contributed by atoms with E-state index in [4.69, 9.17) is 15.1 Å². The van der Waals surface area contributed by atoms with E-state index < -0.39 is 43.8 Å². The van der Waals surface area contributed by atoms with Crippen molar-refractivity contribution < 1.29 is 15.1 Å². The lowest BCUT2D eigenvalue weighted by molar-refractivity contribution is 0.702. The Balaban J connectivity index is 3.44. The zero-order valence-corrected chi connectivity index (χ0v) is 8.33. The summed E-state index contributed by atoms with van der Waals surface area (Å²) >= 11 is 0. The Labute approximate surface area is 108 Å². The van der Waals surface area contributed by atoms with Crippen LogP contribution < -0.4 is 0 Å². The molecule has 0 aromatic carbocycles. The molecule has 2 unspecified atom stereocenters. The third kappa shape index (κ3) is 3.35. The molecule has 2 atom stereocenters. The number of hydrogen-bond donors (Lipinski definition) is 0. The fraction of sp³-hybridized carbons (Fsp3) is 0.357. The topological polar surface area (TPSA) is 12.4 Å². The first-order valence-electron chi connectivity index (χ1n) is 10.1. The molecule has 0 saturated heterocycles. The summed E-state index contributed by atoms with van der Waals surface area (Å²) < 4.78 is 83.0. The van der Waals surface area contributed by atoms with Crippen molar-refractivity contribution in [2.24, 2.45) is 10.9 Å². The Morgan fingerprint density at radius 3 is 3.53 bits per heavy atom. The highest BCUT2D eigenvalue weighted by Gasteiger charge is 2.13. The van der Waals surface area contributed by atoms with Gasteiger partial charge in [-0.1, -0.05) is 43.3 Å². The van der Waals surface area contributed by atoms with E-state index in [-0.39, 0.29) is 16.9 Å². The second kappa shape index (κ2) is 4.92. The third-order valence-corrected chi connectivity index (χ3v) is 1.84. The quantitative estimate of drug-likeness (QED) is 0.626. The summed E-state index contributed by atoms with van der Waals surface area (Å²) in [4.78, 5) is 3.83. The van der Waals surface area contributed by atoms with Gasteiger partial charge in [-0.3, -0.25) is 4.99 Å². The molecule has 0 radical (unpaired) electrons. The highest BCUT2D eigenvalue weighted by Crippen LogP contribution is 2.22. The summed E-state index contributed by atoms with van der Waals surface area (Å²) in [6.45, 7) is -2.52. The van der Waals surface area contributed by atoms with Crippen molar-refractivity contribution in [2.75, 3.05) is 0 Å². The lowest BCUT2D eigenvalue weighted by Gasteiger charge is -2.18. The smallest absolute Gasteiger partial charge is 0.0839 e. The predicted molar refractivity (Wildman–Crippen MR) is 68.1 cm³/mol. The average Bonchev–Trinajstić information content (AvgIpc) is 2.46. The minimum Gasteiger partial charge on any atom is -0.261 e. The van der Waals surface area contributed by atoms with E-state index in [1.54, 1.807) is 0 Å². The Kier molecular flexibility index (Phi) is 1.18. The normalized spacial score (nSPS) is 42.6. The van der Waals surface area contributed by atoms with Crippen LogP contribution in [0.5, 0.6) is 0 Å². The van der Waals surface area contributed by atoms with Crippen LogP contribution in [-0.2, 0) is 0 Å². The molecule has 1 aliphatic heterocycles. The van der Waals surface area contributed by atoms with Crippen LogP contribution in [0.25, 0.3) is 0 Å². The number of hydrogen-bond acceptors (Lipinski definition) is 1. The van der Waals surface area contributed by atoms with Gasteiger partial charge in [0.2, 0.25) is 0 Å². The molecule has 1 rings (SSSR count). The van der Waals surface area contributed by atoms with E-state index in [0.717, 1.165) is 12.6 Å². The van der Waals surface area contributed by atoms with Gasteiger partial charge in [-0.2, -0.15) is 0 Å². The van der Waals surface area contributed by atoms with Crippen LogP contribution in [-0.4, -0.2) is 5.71 Å². The van der Waals surface area contributed by atoms with Crippen molar-refractivity contribution in [2.45, 2.75) is 27.0 Å². The van der Waals surface area contributed by atoms with Gasteiger partial charge in [-0.25, -0.2) is 0 Å². The van der Waals surface area contributed by atoms with E-state index in [9.17, 15) is 0 Å². The maximum absolute atomic E-state index is 8.21. The van der Waals surface area contributed by atoms with E-state index in [1.807, 2.05) is 0 Å². The van der Waals surface area contributed by atoms with Gasteiger partial charge in [0.25, 0.3) is 0 Å². The molecule has 0 aromatic rings. The molecule has 0 spiro atoms. The molecule has 0 aromatic heterocycles. The molecule has 15 heavy (non-hydrogen) atoms. The molecule has 0 fully saturated rings. The Morgan fingerprint density at radius 1 is 1.93 bits per heavy atom. The van der Waals surface area contributed by atoms with Gasteiger partial charge < -0.3 is 0 Å². The summed E-state index contributed by atoms with van der Waals surface area (Å²) in [6, 6.07) is -0.543. The Hall–Kier alpha value is -1.37. The molecule has 80 valence electrons. The lowest BCUT2D eigenvalue weighted by atomic mass is 9.92. The molecule has 1 heteroatoms. The fourth-order valence-corrected chi connectivity index (χ4v) is 0.970. The molecule has 1 nitrogen and oxygen atoms in total. The van der Waals surface area contributed by atoms with E-state index in [2.05, 4.69) is 4.99 Å². The summed E-state index contributed by atoms with van der Waals surface area (Å²) in [5, 5.41) is 0. The SMILES string of the molecule is [2H]C=C(C=C([2H])C(=C[2H])C([2H])([2H])[2H])C1=NC([2H])=C(C([2H])([2H])[2H])C(C)C1[2H]. The van der Waals surface area contributed by atoms with Crippen LogP contribution in [0.1, 0.15) is 42.1 Å². The highest BCUT2D eigenvalue weighted by atomic mass is 14.7. The van der Waals surface area contributed by atoms with Crippen LogP contribution in [0.2, 0.25) is 0 Å². The second-order valence-corrected chi connectivity index (χ2v) is 3.14. The monoisotopic (exact) mass is 212 g/mol. The van der Waals surface area contributed by atoms with Crippen molar-refractivity contribution in [1.82, 2.24) is 0 Å². The van der Waals surface area contributed by atoms with E-state index >= 15 is 0 Å². The zero-order chi connectivity index (χ0) is 20.4. The molecule has 0 amide bonds. The number of aliphatic imine (C=N–C) groups is 1. The van der Waals surface area contributed by atoms with Gasteiger partial charge in [0, 0.05) is 21.5 Å². The van der Waals surface area contributed by atoms with Gasteiger partial charge in [0.05, 0.1) is 5.48 Å². The average molecular weight is 212 g/mol. The molecule has 0 bridgehead atoms.